The van der Waals surface area contributed by atoms with Gasteiger partial charge in [-0.3, -0.25) is 4.79 Å². The zero-order valence-electron chi connectivity index (χ0n) is 11.2. The molecule has 1 aliphatic rings. The summed E-state index contributed by atoms with van der Waals surface area (Å²) in [7, 11) is 0.438. The van der Waals surface area contributed by atoms with E-state index in [0.29, 0.717) is 12.8 Å². The van der Waals surface area contributed by atoms with E-state index in [1.54, 1.807) is 14.0 Å². The monoisotopic (exact) mass is 278 g/mol. The van der Waals surface area contributed by atoms with Crippen LogP contribution in [0.2, 0.25) is 0 Å². The van der Waals surface area contributed by atoms with Gasteiger partial charge in [0, 0.05) is 22.8 Å². The van der Waals surface area contributed by atoms with Gasteiger partial charge < -0.3 is 4.74 Å². The number of ether oxygens (including phenoxy) is 1. The quantitative estimate of drug-likeness (QED) is 0.850. The molecule has 0 amide bonds. The van der Waals surface area contributed by atoms with Crippen molar-refractivity contribution >= 4 is 16.6 Å². The maximum Gasteiger partial charge on any atom is 0.135 e. The predicted octanol–water partition coefficient (Wildman–Crippen LogP) is 2.69. The predicted molar refractivity (Wildman–Crippen MR) is 75.1 cm³/mol. The normalized spacial score (nSPS) is 24.6. The minimum absolute atomic E-state index is 0.110. The first kappa shape index (κ1) is 14.2. The molecule has 0 saturated carbocycles. The first-order valence-electron chi connectivity index (χ1n) is 6.34. The molecule has 102 valence electrons. The second-order valence-corrected chi connectivity index (χ2v) is 6.20. The van der Waals surface area contributed by atoms with Crippen LogP contribution in [0.15, 0.2) is 46.2 Å². The first-order chi connectivity index (χ1) is 9.13. The molecule has 3 atom stereocenters. The summed E-state index contributed by atoms with van der Waals surface area (Å²) in [5.41, 5.74) is 0. The largest absolute Gasteiger partial charge is 0.377 e. The maximum absolute atomic E-state index is 12.4. The van der Waals surface area contributed by atoms with Crippen molar-refractivity contribution in [3.05, 3.63) is 41.3 Å². The lowest BCUT2D eigenvalue weighted by atomic mass is 9.88. The lowest BCUT2D eigenvalue weighted by Gasteiger charge is -2.27. The summed E-state index contributed by atoms with van der Waals surface area (Å²) >= 11 is 0. The minimum atomic E-state index is -1.15. The number of methoxy groups -OCH3 is 1. The van der Waals surface area contributed by atoms with E-state index in [0.717, 1.165) is 9.80 Å². The molecule has 1 aliphatic carbocycles. The number of Topliss-reactive ketones (excluding diaryl/α,β-unsaturated/α-hetero) is 1. The molecule has 19 heavy (non-hydrogen) atoms. The summed E-state index contributed by atoms with van der Waals surface area (Å²) in [6.45, 7) is 1.59. The van der Waals surface area contributed by atoms with Crippen molar-refractivity contribution in [3.63, 3.8) is 0 Å². The van der Waals surface area contributed by atoms with E-state index in [9.17, 15) is 9.00 Å². The Morgan fingerprint density at radius 1 is 1.32 bits per heavy atom. The molecule has 0 heterocycles. The lowest BCUT2D eigenvalue weighted by Crippen LogP contribution is -2.30. The van der Waals surface area contributed by atoms with Crippen LogP contribution in [0.5, 0.6) is 0 Å². The van der Waals surface area contributed by atoms with Gasteiger partial charge in [0.25, 0.3) is 0 Å². The number of hydrogen-bond donors (Lipinski definition) is 0. The Hall–Kier alpha value is -1.26. The molecule has 0 bridgehead atoms. The van der Waals surface area contributed by atoms with Crippen molar-refractivity contribution in [1.29, 1.82) is 0 Å². The zero-order valence-corrected chi connectivity index (χ0v) is 12.0. The van der Waals surface area contributed by atoms with Crippen LogP contribution >= 0.6 is 0 Å². The maximum atomic E-state index is 12.4. The van der Waals surface area contributed by atoms with Crippen molar-refractivity contribution in [3.8, 4) is 0 Å². The van der Waals surface area contributed by atoms with E-state index in [-0.39, 0.29) is 17.8 Å². The standard InChI is InChI=1S/C15H18O3S/c1-11(16)14-9-8-13(10-15(14)18-2)19(17)12-6-4-3-5-7-12/h3-7,10,14-15H,8-9H2,1-2H3/t14-,15-,19?/m1/s1. The van der Waals surface area contributed by atoms with Crippen LogP contribution in [0.25, 0.3) is 0 Å². The van der Waals surface area contributed by atoms with E-state index in [2.05, 4.69) is 0 Å². The van der Waals surface area contributed by atoms with Gasteiger partial charge in [-0.2, -0.15) is 0 Å². The van der Waals surface area contributed by atoms with E-state index in [1.165, 1.54) is 0 Å². The molecule has 1 unspecified atom stereocenters. The molecule has 3 nitrogen and oxygen atoms in total. The number of carbonyl (C=O) groups is 1. The van der Waals surface area contributed by atoms with Crippen molar-refractivity contribution in [2.75, 3.05) is 7.11 Å². The number of benzene rings is 1. The second kappa shape index (κ2) is 6.26. The van der Waals surface area contributed by atoms with Crippen LogP contribution in [0.1, 0.15) is 19.8 Å². The fourth-order valence-electron chi connectivity index (χ4n) is 2.36. The van der Waals surface area contributed by atoms with Crippen LogP contribution in [0.3, 0.4) is 0 Å². The average Bonchev–Trinajstić information content (AvgIpc) is 2.46. The van der Waals surface area contributed by atoms with Gasteiger partial charge in [0.05, 0.1) is 16.9 Å². The van der Waals surface area contributed by atoms with Crippen LogP contribution < -0.4 is 0 Å². The molecular formula is C15H18O3S. The summed E-state index contributed by atoms with van der Waals surface area (Å²) < 4.78 is 17.8. The summed E-state index contributed by atoms with van der Waals surface area (Å²) in [5.74, 6) is 0.0224. The molecule has 0 aliphatic heterocycles. The van der Waals surface area contributed by atoms with Crippen LogP contribution in [0.4, 0.5) is 0 Å². The van der Waals surface area contributed by atoms with Crippen molar-refractivity contribution < 1.29 is 13.7 Å². The highest BCUT2D eigenvalue weighted by molar-refractivity contribution is 7.89. The van der Waals surface area contributed by atoms with Gasteiger partial charge in [0.2, 0.25) is 0 Å². The van der Waals surface area contributed by atoms with Gasteiger partial charge in [-0.05, 0) is 38.0 Å². The molecule has 4 heteroatoms. The summed E-state index contributed by atoms with van der Waals surface area (Å²) in [6.07, 6.45) is 3.00. The smallest absolute Gasteiger partial charge is 0.135 e. The number of rotatable bonds is 4. The van der Waals surface area contributed by atoms with E-state index >= 15 is 0 Å². The SMILES string of the molecule is CO[C@@H]1C=C(S(=O)c2ccccc2)CC[C@@H]1C(C)=O. The number of hydrogen-bond acceptors (Lipinski definition) is 3. The van der Waals surface area contributed by atoms with Crippen LogP contribution in [0, 0.1) is 5.92 Å². The third kappa shape index (κ3) is 3.19. The topological polar surface area (TPSA) is 43.4 Å². The molecule has 0 N–H and O–H groups in total. The van der Waals surface area contributed by atoms with Crippen molar-refractivity contribution in [1.82, 2.24) is 0 Å². The number of carbonyl (C=O) groups excluding carboxylic acids is 1. The van der Waals surface area contributed by atoms with Crippen LogP contribution in [-0.4, -0.2) is 23.2 Å². The zero-order chi connectivity index (χ0) is 13.8. The molecule has 0 fully saturated rings. The molecular weight excluding hydrogens is 260 g/mol. The Morgan fingerprint density at radius 3 is 2.58 bits per heavy atom. The Labute approximate surface area is 116 Å². The lowest BCUT2D eigenvalue weighted by molar-refractivity contribution is -0.124. The Morgan fingerprint density at radius 2 is 2.00 bits per heavy atom. The van der Waals surface area contributed by atoms with E-state index < -0.39 is 10.8 Å². The highest BCUT2D eigenvalue weighted by Gasteiger charge is 2.30. The molecule has 0 aromatic heterocycles. The molecule has 1 aromatic rings. The summed E-state index contributed by atoms with van der Waals surface area (Å²) in [6, 6.07) is 9.37. The van der Waals surface area contributed by atoms with E-state index in [4.69, 9.17) is 4.74 Å². The van der Waals surface area contributed by atoms with Crippen LogP contribution in [-0.2, 0) is 20.3 Å². The van der Waals surface area contributed by atoms with E-state index in [1.807, 2.05) is 36.4 Å². The van der Waals surface area contributed by atoms with Crippen molar-refractivity contribution in [2.24, 2.45) is 5.92 Å². The Kier molecular flexibility index (Phi) is 4.66. The van der Waals surface area contributed by atoms with Gasteiger partial charge in [0.1, 0.15) is 5.78 Å². The van der Waals surface area contributed by atoms with Crippen molar-refractivity contribution in [2.45, 2.75) is 30.8 Å². The van der Waals surface area contributed by atoms with Gasteiger partial charge in [0.15, 0.2) is 0 Å². The molecule has 1 aromatic carbocycles. The third-order valence-corrected chi connectivity index (χ3v) is 4.96. The fourth-order valence-corrected chi connectivity index (χ4v) is 3.63. The highest BCUT2D eigenvalue weighted by Crippen LogP contribution is 2.30. The second-order valence-electron chi connectivity index (χ2n) is 4.67. The highest BCUT2D eigenvalue weighted by atomic mass is 32.2. The number of ketones is 1. The van der Waals surface area contributed by atoms with Gasteiger partial charge in [-0.25, -0.2) is 4.21 Å². The fraction of sp³-hybridized carbons (Fsp3) is 0.400. The third-order valence-electron chi connectivity index (χ3n) is 3.44. The summed E-state index contributed by atoms with van der Waals surface area (Å²) in [4.78, 5) is 13.2. The molecule has 0 radical (unpaired) electrons. The summed E-state index contributed by atoms with van der Waals surface area (Å²) in [5, 5.41) is 0. The van der Waals surface area contributed by atoms with Gasteiger partial charge in [-0.15, -0.1) is 0 Å². The average molecular weight is 278 g/mol. The first-order valence-corrected chi connectivity index (χ1v) is 7.49. The molecule has 2 rings (SSSR count). The molecule has 0 spiro atoms. The number of allylic oxidation sites excluding steroid dienone is 1. The molecule has 0 saturated heterocycles. The Balaban J connectivity index is 2.22. The van der Waals surface area contributed by atoms with Gasteiger partial charge >= 0.3 is 0 Å². The Bertz CT molecular complexity index is 507. The van der Waals surface area contributed by atoms with Gasteiger partial charge in [-0.1, -0.05) is 18.2 Å². The minimum Gasteiger partial charge on any atom is -0.377 e.